The molecular formula is C24H17Cl4NO5S. The number of nitrogens with zero attached hydrogens (tertiary/aromatic N) is 1. The largest absolute Gasteiger partial charge is 0.380 e. The Morgan fingerprint density at radius 1 is 0.800 bits per heavy atom. The first-order chi connectivity index (χ1) is 16.6. The number of aromatic nitrogens is 1. The van der Waals surface area contributed by atoms with Crippen molar-refractivity contribution in [3.05, 3.63) is 67.2 Å². The molecule has 0 N–H and O–H groups in total. The van der Waals surface area contributed by atoms with Crippen molar-refractivity contribution in [2.24, 2.45) is 0 Å². The lowest BCUT2D eigenvalue weighted by Crippen LogP contribution is -2.28. The molecule has 1 heterocycles. The SMILES string of the molecule is O=C1c2c(Cl)c(Cl)c(Cl)c(Cl)c2C(=O)C1c1ccc2cccc(OS(=O)(=O)C3CCCCC3)c2n1. The molecule has 2 aliphatic carbocycles. The normalized spacial score (nSPS) is 17.3. The molecule has 0 atom stereocenters. The number of carbonyl (C=O) groups is 2. The fourth-order valence-corrected chi connectivity index (χ4v) is 7.15. The van der Waals surface area contributed by atoms with Crippen LogP contribution in [0.2, 0.25) is 20.1 Å². The molecule has 35 heavy (non-hydrogen) atoms. The van der Waals surface area contributed by atoms with Crippen molar-refractivity contribution >= 4 is 79.0 Å². The number of rotatable bonds is 4. The van der Waals surface area contributed by atoms with Gasteiger partial charge in [-0.3, -0.25) is 9.59 Å². The molecule has 3 aromatic rings. The van der Waals surface area contributed by atoms with Gasteiger partial charge in [-0.05, 0) is 25.0 Å². The van der Waals surface area contributed by atoms with Gasteiger partial charge >= 0.3 is 10.1 Å². The lowest BCUT2D eigenvalue weighted by atomic mass is 9.98. The summed E-state index contributed by atoms with van der Waals surface area (Å²) in [5.41, 5.74) is 0.114. The van der Waals surface area contributed by atoms with E-state index in [1.807, 2.05) is 0 Å². The van der Waals surface area contributed by atoms with Gasteiger partial charge in [0.05, 0.1) is 42.2 Å². The lowest BCUT2D eigenvalue weighted by Gasteiger charge is -2.21. The minimum Gasteiger partial charge on any atom is -0.380 e. The Kier molecular flexibility index (Phi) is 6.51. The zero-order valence-electron chi connectivity index (χ0n) is 18.0. The molecule has 0 amide bonds. The summed E-state index contributed by atoms with van der Waals surface area (Å²) in [5, 5.41) is -0.535. The summed E-state index contributed by atoms with van der Waals surface area (Å²) < 4.78 is 31.4. The van der Waals surface area contributed by atoms with E-state index < -0.39 is 32.9 Å². The van der Waals surface area contributed by atoms with Gasteiger partial charge in [0.2, 0.25) is 0 Å². The third-order valence-electron chi connectivity index (χ3n) is 6.45. The van der Waals surface area contributed by atoms with Crippen LogP contribution in [0, 0.1) is 0 Å². The minimum atomic E-state index is -3.88. The molecule has 0 saturated heterocycles. The van der Waals surface area contributed by atoms with Gasteiger partial charge in [0.15, 0.2) is 17.3 Å². The number of fused-ring (bicyclic) bond motifs is 2. The minimum absolute atomic E-state index is 0.0347. The number of pyridine rings is 1. The summed E-state index contributed by atoms with van der Waals surface area (Å²) >= 11 is 24.7. The van der Waals surface area contributed by atoms with Gasteiger partial charge in [0, 0.05) is 5.39 Å². The Bertz CT molecular complexity index is 1470. The maximum Gasteiger partial charge on any atom is 0.312 e. The predicted octanol–water partition coefficient (Wildman–Crippen LogP) is 7.05. The number of hydrogen-bond donors (Lipinski definition) is 0. The second-order valence-corrected chi connectivity index (χ2v) is 11.9. The van der Waals surface area contributed by atoms with Gasteiger partial charge in [-0.2, -0.15) is 8.42 Å². The van der Waals surface area contributed by atoms with Crippen molar-refractivity contribution in [2.75, 3.05) is 0 Å². The van der Waals surface area contributed by atoms with Crippen LogP contribution < -0.4 is 4.18 Å². The molecule has 1 fully saturated rings. The Morgan fingerprint density at radius 2 is 1.40 bits per heavy atom. The average Bonchev–Trinajstić information content (AvgIpc) is 3.11. The number of halogens is 4. The first-order valence-corrected chi connectivity index (χ1v) is 13.9. The van der Waals surface area contributed by atoms with Crippen molar-refractivity contribution in [3.8, 4) is 5.75 Å². The topological polar surface area (TPSA) is 90.4 Å². The number of benzene rings is 2. The van der Waals surface area contributed by atoms with Gasteiger partial charge < -0.3 is 4.18 Å². The fourth-order valence-electron chi connectivity index (χ4n) is 4.68. The van der Waals surface area contributed by atoms with Crippen molar-refractivity contribution in [1.82, 2.24) is 4.98 Å². The van der Waals surface area contributed by atoms with E-state index >= 15 is 0 Å². The number of para-hydroxylation sites is 1. The van der Waals surface area contributed by atoms with Crippen LogP contribution in [0.4, 0.5) is 0 Å². The van der Waals surface area contributed by atoms with Gasteiger partial charge in [0.25, 0.3) is 0 Å². The first-order valence-electron chi connectivity index (χ1n) is 10.9. The summed E-state index contributed by atoms with van der Waals surface area (Å²) in [7, 11) is -3.88. The standard InChI is InChI=1S/C24H17Cl4NO5S/c25-18-16-17(19(26)21(28)20(18)27)24(31)15(23(16)30)13-10-9-11-5-4-8-14(22(11)29-13)34-35(32,33)12-6-2-1-3-7-12/h4-5,8-10,12,15H,1-3,6-7H2. The molecule has 2 aromatic carbocycles. The van der Waals surface area contributed by atoms with Crippen LogP contribution in [0.25, 0.3) is 10.9 Å². The zero-order chi connectivity index (χ0) is 25.1. The highest BCUT2D eigenvalue weighted by atomic mass is 35.5. The van der Waals surface area contributed by atoms with E-state index in [2.05, 4.69) is 4.98 Å². The van der Waals surface area contributed by atoms with Gasteiger partial charge in [-0.15, -0.1) is 0 Å². The van der Waals surface area contributed by atoms with Crippen molar-refractivity contribution in [1.29, 1.82) is 0 Å². The summed E-state index contributed by atoms with van der Waals surface area (Å²) in [4.78, 5) is 31.0. The van der Waals surface area contributed by atoms with Gasteiger partial charge in [0.1, 0.15) is 11.4 Å². The number of carbonyl (C=O) groups excluding carboxylic acids is 2. The highest BCUT2D eigenvalue weighted by Gasteiger charge is 2.45. The first kappa shape index (κ1) is 24.8. The maximum absolute atomic E-state index is 13.3. The zero-order valence-corrected chi connectivity index (χ0v) is 21.8. The predicted molar refractivity (Wildman–Crippen MR) is 136 cm³/mol. The Hall–Kier alpha value is -1.90. The third-order valence-corrected chi connectivity index (χ3v) is 9.95. The van der Waals surface area contributed by atoms with Crippen LogP contribution >= 0.6 is 46.4 Å². The van der Waals surface area contributed by atoms with E-state index in [1.54, 1.807) is 18.2 Å². The van der Waals surface area contributed by atoms with Crippen LogP contribution in [0.3, 0.4) is 0 Å². The Balaban J connectivity index is 1.57. The molecule has 0 aliphatic heterocycles. The van der Waals surface area contributed by atoms with Crippen molar-refractivity contribution < 1.29 is 22.2 Å². The van der Waals surface area contributed by atoms with Crippen LogP contribution in [0.5, 0.6) is 5.75 Å². The van der Waals surface area contributed by atoms with E-state index in [-0.39, 0.29) is 48.2 Å². The second-order valence-electron chi connectivity index (χ2n) is 8.57. The molecule has 6 nitrogen and oxygen atoms in total. The Morgan fingerprint density at radius 3 is 2.00 bits per heavy atom. The molecule has 1 saturated carbocycles. The maximum atomic E-state index is 13.3. The number of hydrogen-bond acceptors (Lipinski definition) is 6. The van der Waals surface area contributed by atoms with E-state index in [0.717, 1.165) is 19.3 Å². The molecule has 2 aliphatic rings. The summed E-state index contributed by atoms with van der Waals surface area (Å²) in [5.74, 6) is -2.53. The molecule has 0 spiro atoms. The van der Waals surface area contributed by atoms with Crippen LogP contribution in [-0.4, -0.2) is 30.2 Å². The second kappa shape index (κ2) is 9.20. The van der Waals surface area contributed by atoms with Crippen LogP contribution in [0.1, 0.15) is 64.4 Å². The van der Waals surface area contributed by atoms with Crippen LogP contribution in [0.15, 0.2) is 30.3 Å². The van der Waals surface area contributed by atoms with Gasteiger partial charge in [-0.1, -0.05) is 83.9 Å². The highest BCUT2D eigenvalue weighted by Crippen LogP contribution is 2.48. The quantitative estimate of drug-likeness (QED) is 0.144. The molecule has 5 rings (SSSR count). The average molecular weight is 573 g/mol. The highest BCUT2D eigenvalue weighted by molar-refractivity contribution is 7.87. The monoisotopic (exact) mass is 571 g/mol. The van der Waals surface area contributed by atoms with Crippen molar-refractivity contribution in [2.45, 2.75) is 43.3 Å². The number of Topliss-reactive ketones (excluding diaryl/α,β-unsaturated/α-hetero) is 2. The molecular weight excluding hydrogens is 556 g/mol. The molecule has 0 radical (unpaired) electrons. The summed E-state index contributed by atoms with van der Waals surface area (Å²) in [6.07, 6.45) is 3.75. The van der Waals surface area contributed by atoms with E-state index in [9.17, 15) is 18.0 Å². The van der Waals surface area contributed by atoms with E-state index in [4.69, 9.17) is 50.6 Å². The molecule has 0 bridgehead atoms. The summed E-state index contributed by atoms with van der Waals surface area (Å²) in [6, 6.07) is 8.05. The molecule has 182 valence electrons. The van der Waals surface area contributed by atoms with E-state index in [1.165, 1.54) is 12.1 Å². The van der Waals surface area contributed by atoms with Crippen LogP contribution in [-0.2, 0) is 10.1 Å². The summed E-state index contributed by atoms with van der Waals surface area (Å²) in [6.45, 7) is 0. The fraction of sp³-hybridized carbons (Fsp3) is 0.292. The smallest absolute Gasteiger partial charge is 0.312 e. The van der Waals surface area contributed by atoms with Crippen molar-refractivity contribution in [3.63, 3.8) is 0 Å². The lowest BCUT2D eigenvalue weighted by molar-refractivity contribution is 0.0888. The Labute approximate surface area is 221 Å². The third kappa shape index (κ3) is 4.11. The number of ketones is 2. The molecule has 11 heteroatoms. The molecule has 1 aromatic heterocycles. The van der Waals surface area contributed by atoms with Gasteiger partial charge in [-0.25, -0.2) is 4.98 Å². The van der Waals surface area contributed by atoms with E-state index in [0.29, 0.717) is 18.2 Å². The molecule has 0 unspecified atom stereocenters.